The van der Waals surface area contributed by atoms with Gasteiger partial charge >= 0.3 is 6.18 Å². The Kier molecular flexibility index (Phi) is 8.57. The molecule has 0 aliphatic carbocycles. The molecule has 1 aromatic carbocycles. The van der Waals surface area contributed by atoms with Crippen molar-refractivity contribution in [2.24, 2.45) is 5.41 Å². The van der Waals surface area contributed by atoms with Crippen molar-refractivity contribution in [3.8, 4) is 0 Å². The van der Waals surface area contributed by atoms with Crippen molar-refractivity contribution >= 4 is 17.7 Å². The number of amides is 3. The first-order valence-electron chi connectivity index (χ1n) is 11.8. The van der Waals surface area contributed by atoms with Crippen molar-refractivity contribution in [1.29, 1.82) is 0 Å². The highest BCUT2D eigenvalue weighted by molar-refractivity contribution is 5.95. The first-order chi connectivity index (χ1) is 16.1. The highest BCUT2D eigenvalue weighted by atomic mass is 19.4. The lowest BCUT2D eigenvalue weighted by Gasteiger charge is -2.41. The predicted molar refractivity (Wildman–Crippen MR) is 119 cm³/mol. The molecule has 3 amide bonds. The topological polar surface area (TPSA) is 87.7 Å². The van der Waals surface area contributed by atoms with E-state index in [0.717, 1.165) is 25.0 Å². The molecule has 0 radical (unpaired) electrons. The van der Waals surface area contributed by atoms with E-state index < -0.39 is 29.1 Å². The Bertz CT molecular complexity index is 882. The van der Waals surface area contributed by atoms with Gasteiger partial charge in [-0.3, -0.25) is 14.4 Å². The van der Waals surface area contributed by atoms with Crippen LogP contribution in [-0.2, 0) is 20.5 Å². The van der Waals surface area contributed by atoms with E-state index in [1.54, 1.807) is 6.92 Å². The smallest absolute Gasteiger partial charge is 0.381 e. The molecule has 2 N–H and O–H groups in total. The number of nitrogens with one attached hydrogen (secondary N) is 2. The van der Waals surface area contributed by atoms with Gasteiger partial charge in [-0.15, -0.1) is 0 Å². The zero-order chi connectivity index (χ0) is 24.8. The first-order valence-corrected chi connectivity index (χ1v) is 11.8. The molecular weight excluding hydrogens is 451 g/mol. The molecule has 2 aliphatic heterocycles. The summed E-state index contributed by atoms with van der Waals surface area (Å²) in [5.74, 6) is -0.972. The second-order valence-electron chi connectivity index (χ2n) is 9.06. The number of benzene rings is 1. The number of nitrogens with zero attached hydrogens (tertiary/aromatic N) is 1. The summed E-state index contributed by atoms with van der Waals surface area (Å²) in [6, 6.07) is 3.69. The van der Waals surface area contributed by atoms with Gasteiger partial charge in [-0.2, -0.15) is 13.2 Å². The number of alkyl halides is 3. The van der Waals surface area contributed by atoms with Gasteiger partial charge in [0.15, 0.2) is 0 Å². The van der Waals surface area contributed by atoms with Crippen LogP contribution in [0.4, 0.5) is 13.2 Å². The van der Waals surface area contributed by atoms with Gasteiger partial charge in [0, 0.05) is 38.4 Å². The maximum atomic E-state index is 13.3. The molecule has 1 atom stereocenters. The van der Waals surface area contributed by atoms with Gasteiger partial charge in [0.2, 0.25) is 11.8 Å². The molecule has 34 heavy (non-hydrogen) atoms. The van der Waals surface area contributed by atoms with E-state index in [0.29, 0.717) is 45.4 Å². The van der Waals surface area contributed by atoms with E-state index in [-0.39, 0.29) is 30.5 Å². The summed E-state index contributed by atoms with van der Waals surface area (Å²) in [6.07, 6.45) is -0.941. The second kappa shape index (κ2) is 11.2. The van der Waals surface area contributed by atoms with E-state index in [1.165, 1.54) is 17.0 Å². The maximum Gasteiger partial charge on any atom is 0.416 e. The van der Waals surface area contributed by atoms with Gasteiger partial charge in [0.25, 0.3) is 5.91 Å². The minimum absolute atomic E-state index is 0.0244. The quantitative estimate of drug-likeness (QED) is 0.643. The summed E-state index contributed by atoms with van der Waals surface area (Å²) in [5, 5.41) is 5.62. The molecule has 188 valence electrons. The number of rotatable bonds is 1. The van der Waals surface area contributed by atoms with Crippen LogP contribution in [0, 0.1) is 5.41 Å². The van der Waals surface area contributed by atoms with Crippen LogP contribution < -0.4 is 10.6 Å². The third-order valence-corrected chi connectivity index (χ3v) is 6.63. The number of likely N-dealkylation sites (tertiary alicyclic amines) is 1. The fraction of sp³-hybridized carbons (Fsp3) is 0.625. The monoisotopic (exact) mass is 483 g/mol. The van der Waals surface area contributed by atoms with E-state index in [9.17, 15) is 27.6 Å². The lowest BCUT2D eigenvalue weighted by molar-refractivity contribution is -0.138. The van der Waals surface area contributed by atoms with Gasteiger partial charge in [0.1, 0.15) is 6.04 Å². The fourth-order valence-corrected chi connectivity index (χ4v) is 4.46. The van der Waals surface area contributed by atoms with Crippen molar-refractivity contribution in [2.75, 3.05) is 32.8 Å². The third kappa shape index (κ3) is 6.49. The fourth-order valence-electron chi connectivity index (χ4n) is 4.46. The number of carbonyl (C=O) groups excluding carboxylic acids is 3. The van der Waals surface area contributed by atoms with Crippen molar-refractivity contribution in [3.63, 3.8) is 0 Å². The molecule has 0 unspecified atom stereocenters. The molecule has 3 rings (SSSR count). The Morgan fingerprint density at radius 2 is 1.79 bits per heavy atom. The normalized spacial score (nSPS) is 23.1. The number of ether oxygens (including phenoxy) is 1. The zero-order valence-corrected chi connectivity index (χ0v) is 19.4. The highest BCUT2D eigenvalue weighted by Crippen LogP contribution is 2.38. The Morgan fingerprint density at radius 1 is 1.09 bits per heavy atom. The molecule has 7 nitrogen and oxygen atoms in total. The Hall–Kier alpha value is -2.62. The Morgan fingerprint density at radius 3 is 2.50 bits per heavy atom. The maximum absolute atomic E-state index is 13.3. The molecular formula is C24H32F3N3O4. The van der Waals surface area contributed by atoms with Gasteiger partial charge in [0.05, 0.1) is 11.0 Å². The average Bonchev–Trinajstić information content (AvgIpc) is 2.81. The number of hydrogen-bond donors (Lipinski definition) is 2. The zero-order valence-electron chi connectivity index (χ0n) is 19.4. The van der Waals surface area contributed by atoms with Crippen molar-refractivity contribution in [1.82, 2.24) is 15.5 Å². The van der Waals surface area contributed by atoms with Crippen LogP contribution in [0.3, 0.4) is 0 Å². The molecule has 2 aliphatic rings. The van der Waals surface area contributed by atoms with Crippen LogP contribution in [0.15, 0.2) is 24.3 Å². The van der Waals surface area contributed by atoms with E-state index in [4.69, 9.17) is 4.74 Å². The summed E-state index contributed by atoms with van der Waals surface area (Å²) in [5.41, 5.74) is -1.64. The van der Waals surface area contributed by atoms with Gasteiger partial charge in [-0.05, 0) is 57.2 Å². The van der Waals surface area contributed by atoms with Crippen molar-refractivity contribution in [2.45, 2.75) is 57.7 Å². The summed E-state index contributed by atoms with van der Waals surface area (Å²) in [6.45, 7) is 3.73. The average molecular weight is 484 g/mol. The minimum atomic E-state index is -4.53. The minimum Gasteiger partial charge on any atom is -0.381 e. The van der Waals surface area contributed by atoms with Gasteiger partial charge in [-0.25, -0.2) is 0 Å². The third-order valence-electron chi connectivity index (χ3n) is 6.63. The molecule has 2 saturated heterocycles. The Balaban J connectivity index is 1.70. The van der Waals surface area contributed by atoms with E-state index in [1.807, 2.05) is 0 Å². The number of hydrogen-bond acceptors (Lipinski definition) is 4. The van der Waals surface area contributed by atoms with Crippen molar-refractivity contribution < 1.29 is 32.3 Å². The first kappa shape index (κ1) is 26.0. The van der Waals surface area contributed by atoms with Crippen LogP contribution in [0.2, 0.25) is 0 Å². The Labute approximate surface area is 197 Å². The predicted octanol–water partition coefficient (Wildman–Crippen LogP) is 3.14. The molecule has 10 heteroatoms. The molecule has 2 fully saturated rings. The lowest BCUT2D eigenvalue weighted by atomic mass is 9.73. The van der Waals surface area contributed by atoms with E-state index >= 15 is 0 Å². The molecule has 2 heterocycles. The molecule has 1 spiro atoms. The second-order valence-corrected chi connectivity index (χ2v) is 9.06. The van der Waals surface area contributed by atoms with Crippen LogP contribution in [0.25, 0.3) is 0 Å². The SMILES string of the molecule is C[C@@H]1NC(=O)C2(CCCCOCCCNC1=O)CCN(C(=O)c1cccc(C(F)(F)F)c1)CC2. The van der Waals surface area contributed by atoms with Crippen LogP contribution in [-0.4, -0.2) is 61.5 Å². The number of piperidine rings is 1. The van der Waals surface area contributed by atoms with Crippen LogP contribution in [0.5, 0.6) is 0 Å². The molecule has 1 aromatic rings. The van der Waals surface area contributed by atoms with Gasteiger partial charge < -0.3 is 20.3 Å². The highest BCUT2D eigenvalue weighted by Gasteiger charge is 2.42. The molecule has 0 aromatic heterocycles. The lowest BCUT2D eigenvalue weighted by Crippen LogP contribution is -2.54. The summed E-state index contributed by atoms with van der Waals surface area (Å²) in [7, 11) is 0. The number of halogens is 3. The number of carbonyl (C=O) groups is 3. The van der Waals surface area contributed by atoms with Crippen LogP contribution >= 0.6 is 0 Å². The van der Waals surface area contributed by atoms with E-state index in [2.05, 4.69) is 10.6 Å². The summed E-state index contributed by atoms with van der Waals surface area (Å²) >= 11 is 0. The standard InChI is InChI=1S/C24H32F3N3O4/c1-17-20(31)28-11-5-15-34-14-3-2-8-23(22(33)29-17)9-12-30(13-10-23)21(32)18-6-4-7-19(16-18)24(25,26)27/h4,6-7,16-17H,2-3,5,8-15H2,1H3,(H,28,31)(H,29,33)/t17-/m0/s1. The van der Waals surface area contributed by atoms with Crippen LogP contribution in [0.1, 0.15) is 61.4 Å². The largest absolute Gasteiger partial charge is 0.416 e. The summed E-state index contributed by atoms with van der Waals surface area (Å²) < 4.78 is 44.7. The van der Waals surface area contributed by atoms with Crippen molar-refractivity contribution in [3.05, 3.63) is 35.4 Å². The van der Waals surface area contributed by atoms with Gasteiger partial charge in [-0.1, -0.05) is 12.5 Å². The molecule has 0 saturated carbocycles. The molecule has 0 bridgehead atoms. The summed E-state index contributed by atoms with van der Waals surface area (Å²) in [4.78, 5) is 40.0.